The second kappa shape index (κ2) is 9.02. The van der Waals surface area contributed by atoms with Gasteiger partial charge < -0.3 is 10.6 Å². The maximum atomic E-state index is 12.0. The van der Waals surface area contributed by atoms with Crippen LogP contribution in [0.1, 0.15) is 35.6 Å². The van der Waals surface area contributed by atoms with Crippen molar-refractivity contribution in [2.75, 3.05) is 11.9 Å². The third-order valence-electron chi connectivity index (χ3n) is 4.24. The highest BCUT2D eigenvalue weighted by atomic mass is 16.2. The molecule has 0 aliphatic rings. The standard InChI is InChI=1S/C21H26N2O2/c1-4-17-7-5-6-8-19(17)23-21(25)14-22-20(24)12-11-18-10-9-15(2)13-16(18)3/h5-10,13H,4,11-12,14H2,1-3H3,(H,22,24)(H,23,25). The molecule has 0 bridgehead atoms. The zero-order valence-corrected chi connectivity index (χ0v) is 15.2. The van der Waals surface area contributed by atoms with Crippen LogP contribution in [0.3, 0.4) is 0 Å². The molecule has 2 aromatic rings. The van der Waals surface area contributed by atoms with Crippen LogP contribution >= 0.6 is 0 Å². The topological polar surface area (TPSA) is 58.2 Å². The Bertz CT molecular complexity index is 753. The second-order valence-corrected chi connectivity index (χ2v) is 6.27. The van der Waals surface area contributed by atoms with E-state index in [0.29, 0.717) is 12.8 Å². The molecule has 4 nitrogen and oxygen atoms in total. The lowest BCUT2D eigenvalue weighted by Crippen LogP contribution is -2.33. The fraction of sp³-hybridized carbons (Fsp3) is 0.333. The Kier molecular flexibility index (Phi) is 6.75. The number of amides is 2. The SMILES string of the molecule is CCc1ccccc1NC(=O)CNC(=O)CCc1ccc(C)cc1C. The monoisotopic (exact) mass is 338 g/mol. The summed E-state index contributed by atoms with van der Waals surface area (Å²) in [6.45, 7) is 6.14. The van der Waals surface area contributed by atoms with Crippen LogP contribution in [0.25, 0.3) is 0 Å². The van der Waals surface area contributed by atoms with Gasteiger partial charge in [0.25, 0.3) is 0 Å². The number of hydrogen-bond donors (Lipinski definition) is 2. The van der Waals surface area contributed by atoms with Crippen molar-refractivity contribution in [2.45, 2.75) is 40.0 Å². The third kappa shape index (κ3) is 5.75. The Morgan fingerprint density at radius 2 is 1.72 bits per heavy atom. The molecule has 0 spiro atoms. The summed E-state index contributed by atoms with van der Waals surface area (Å²) in [7, 11) is 0. The van der Waals surface area contributed by atoms with Crippen LogP contribution in [0.5, 0.6) is 0 Å². The molecule has 2 rings (SSSR count). The summed E-state index contributed by atoms with van der Waals surface area (Å²) in [6.07, 6.45) is 1.90. The first-order chi connectivity index (χ1) is 12.0. The second-order valence-electron chi connectivity index (χ2n) is 6.27. The molecule has 132 valence electrons. The summed E-state index contributed by atoms with van der Waals surface area (Å²) in [5.41, 5.74) is 5.47. The number of carbonyl (C=O) groups is 2. The number of aryl methyl sites for hydroxylation is 4. The first kappa shape index (κ1) is 18.7. The Balaban J connectivity index is 1.78. The molecule has 0 atom stereocenters. The molecule has 0 unspecified atom stereocenters. The van der Waals surface area contributed by atoms with E-state index in [-0.39, 0.29) is 18.4 Å². The minimum Gasteiger partial charge on any atom is -0.347 e. The van der Waals surface area contributed by atoms with E-state index in [1.807, 2.05) is 31.2 Å². The number of nitrogens with one attached hydrogen (secondary N) is 2. The number of benzene rings is 2. The van der Waals surface area contributed by atoms with Gasteiger partial charge in [0.15, 0.2) is 0 Å². The molecule has 0 saturated carbocycles. The molecule has 25 heavy (non-hydrogen) atoms. The minimum atomic E-state index is -0.208. The van der Waals surface area contributed by atoms with Crippen molar-refractivity contribution in [3.63, 3.8) is 0 Å². The van der Waals surface area contributed by atoms with E-state index < -0.39 is 0 Å². The van der Waals surface area contributed by atoms with Gasteiger partial charge in [-0.05, 0) is 49.4 Å². The van der Waals surface area contributed by atoms with Gasteiger partial charge in [-0.2, -0.15) is 0 Å². The summed E-state index contributed by atoms with van der Waals surface area (Å²) in [4.78, 5) is 24.0. The maximum absolute atomic E-state index is 12.0. The van der Waals surface area contributed by atoms with Crippen LogP contribution in [-0.4, -0.2) is 18.4 Å². The number of rotatable bonds is 7. The van der Waals surface area contributed by atoms with E-state index in [1.165, 1.54) is 16.7 Å². The predicted molar refractivity (Wildman–Crippen MR) is 102 cm³/mol. The molecule has 0 aliphatic carbocycles. The van der Waals surface area contributed by atoms with Crippen LogP contribution in [0.4, 0.5) is 5.69 Å². The lowest BCUT2D eigenvalue weighted by Gasteiger charge is -2.11. The fourth-order valence-electron chi connectivity index (χ4n) is 2.79. The summed E-state index contributed by atoms with van der Waals surface area (Å²) >= 11 is 0. The molecule has 2 N–H and O–H groups in total. The van der Waals surface area contributed by atoms with Crippen LogP contribution in [0.15, 0.2) is 42.5 Å². The average molecular weight is 338 g/mol. The number of carbonyl (C=O) groups excluding carboxylic acids is 2. The molecule has 0 radical (unpaired) electrons. The number of para-hydroxylation sites is 1. The van der Waals surface area contributed by atoms with Crippen molar-refractivity contribution < 1.29 is 9.59 Å². The Morgan fingerprint density at radius 3 is 2.44 bits per heavy atom. The van der Waals surface area contributed by atoms with Crippen molar-refractivity contribution in [1.29, 1.82) is 0 Å². The van der Waals surface area contributed by atoms with E-state index in [0.717, 1.165) is 17.7 Å². The van der Waals surface area contributed by atoms with Gasteiger partial charge in [0.2, 0.25) is 11.8 Å². The normalized spacial score (nSPS) is 10.4. The Morgan fingerprint density at radius 1 is 0.960 bits per heavy atom. The maximum Gasteiger partial charge on any atom is 0.243 e. The molecule has 4 heteroatoms. The first-order valence-electron chi connectivity index (χ1n) is 8.70. The highest BCUT2D eigenvalue weighted by Crippen LogP contribution is 2.15. The van der Waals surface area contributed by atoms with Crippen LogP contribution < -0.4 is 10.6 Å². The molecule has 0 heterocycles. The van der Waals surface area contributed by atoms with Gasteiger partial charge in [-0.1, -0.05) is 48.9 Å². The summed E-state index contributed by atoms with van der Waals surface area (Å²) in [6, 6.07) is 13.9. The zero-order chi connectivity index (χ0) is 18.2. The van der Waals surface area contributed by atoms with E-state index in [9.17, 15) is 9.59 Å². The largest absolute Gasteiger partial charge is 0.347 e. The zero-order valence-electron chi connectivity index (χ0n) is 15.2. The first-order valence-corrected chi connectivity index (χ1v) is 8.70. The predicted octanol–water partition coefficient (Wildman–Crippen LogP) is 3.55. The summed E-state index contributed by atoms with van der Waals surface area (Å²) in [5.74, 6) is -0.320. The van der Waals surface area contributed by atoms with Gasteiger partial charge in [-0.3, -0.25) is 9.59 Å². The lowest BCUT2D eigenvalue weighted by atomic mass is 10.0. The fourth-order valence-corrected chi connectivity index (χ4v) is 2.79. The molecule has 0 aliphatic heterocycles. The van der Waals surface area contributed by atoms with Crippen LogP contribution in [0, 0.1) is 13.8 Å². The van der Waals surface area contributed by atoms with Crippen molar-refractivity contribution >= 4 is 17.5 Å². The molecule has 0 saturated heterocycles. The quantitative estimate of drug-likeness (QED) is 0.811. The number of hydrogen-bond acceptors (Lipinski definition) is 2. The third-order valence-corrected chi connectivity index (χ3v) is 4.24. The van der Waals surface area contributed by atoms with Gasteiger partial charge in [-0.25, -0.2) is 0 Å². The smallest absolute Gasteiger partial charge is 0.243 e. The van der Waals surface area contributed by atoms with Crippen molar-refractivity contribution in [2.24, 2.45) is 0 Å². The molecule has 0 aromatic heterocycles. The van der Waals surface area contributed by atoms with Crippen molar-refractivity contribution in [3.8, 4) is 0 Å². The molecule has 0 fully saturated rings. The Labute approximate surface area is 149 Å². The molecule has 2 aromatic carbocycles. The summed E-state index contributed by atoms with van der Waals surface area (Å²) in [5, 5.41) is 5.54. The van der Waals surface area contributed by atoms with Gasteiger partial charge in [0.1, 0.15) is 0 Å². The lowest BCUT2D eigenvalue weighted by molar-refractivity contribution is -0.124. The molecular formula is C21H26N2O2. The van der Waals surface area contributed by atoms with Gasteiger partial charge in [0.05, 0.1) is 6.54 Å². The highest BCUT2D eigenvalue weighted by molar-refractivity contribution is 5.95. The Hall–Kier alpha value is -2.62. The molecule has 2 amide bonds. The van der Waals surface area contributed by atoms with E-state index >= 15 is 0 Å². The highest BCUT2D eigenvalue weighted by Gasteiger charge is 2.09. The van der Waals surface area contributed by atoms with E-state index in [4.69, 9.17) is 0 Å². The van der Waals surface area contributed by atoms with Crippen LogP contribution in [-0.2, 0) is 22.4 Å². The van der Waals surface area contributed by atoms with Gasteiger partial charge in [-0.15, -0.1) is 0 Å². The molecular weight excluding hydrogens is 312 g/mol. The van der Waals surface area contributed by atoms with Gasteiger partial charge in [0, 0.05) is 12.1 Å². The summed E-state index contributed by atoms with van der Waals surface area (Å²) < 4.78 is 0. The van der Waals surface area contributed by atoms with Crippen LogP contribution in [0.2, 0.25) is 0 Å². The average Bonchev–Trinajstić information content (AvgIpc) is 2.59. The van der Waals surface area contributed by atoms with Gasteiger partial charge >= 0.3 is 0 Å². The minimum absolute atomic E-state index is 0.0102. The van der Waals surface area contributed by atoms with E-state index in [2.05, 4.69) is 42.7 Å². The van der Waals surface area contributed by atoms with E-state index in [1.54, 1.807) is 0 Å². The van der Waals surface area contributed by atoms with Crippen molar-refractivity contribution in [1.82, 2.24) is 5.32 Å². The number of anilines is 1. The van der Waals surface area contributed by atoms with Crippen molar-refractivity contribution in [3.05, 3.63) is 64.7 Å².